The van der Waals surface area contributed by atoms with Gasteiger partial charge in [0, 0.05) is 24.5 Å². The summed E-state index contributed by atoms with van der Waals surface area (Å²) in [7, 11) is 0. The molecule has 2 rings (SSSR count). The molecular formula is C11H12N4OS. The molecule has 6 heteroatoms. The fourth-order valence-corrected chi connectivity index (χ4v) is 1.96. The molecule has 2 heterocycles. The van der Waals surface area contributed by atoms with Crippen LogP contribution in [-0.4, -0.2) is 22.4 Å². The molecule has 0 radical (unpaired) electrons. The van der Waals surface area contributed by atoms with Crippen LogP contribution in [0.15, 0.2) is 29.2 Å². The average Bonchev–Trinajstić information content (AvgIpc) is 2.82. The number of carbonyl (C=O) groups excluding carboxylic acids is 1. The van der Waals surface area contributed by atoms with Gasteiger partial charge in [-0.05, 0) is 12.1 Å². The Morgan fingerprint density at radius 3 is 3.06 bits per heavy atom. The van der Waals surface area contributed by atoms with Gasteiger partial charge in [0.2, 0.25) is 0 Å². The number of amides is 1. The molecule has 88 valence electrons. The van der Waals surface area contributed by atoms with E-state index in [4.69, 9.17) is 5.73 Å². The number of anilines is 1. The molecule has 2 aromatic heterocycles. The van der Waals surface area contributed by atoms with Crippen LogP contribution in [-0.2, 0) is 6.42 Å². The highest BCUT2D eigenvalue weighted by Gasteiger charge is 2.08. The van der Waals surface area contributed by atoms with E-state index in [9.17, 15) is 4.79 Å². The van der Waals surface area contributed by atoms with Gasteiger partial charge >= 0.3 is 0 Å². The second kappa shape index (κ2) is 5.40. The first-order valence-corrected chi connectivity index (χ1v) is 6.07. The van der Waals surface area contributed by atoms with Gasteiger partial charge in [-0.2, -0.15) is 0 Å². The smallest absolute Gasteiger partial charge is 0.255 e. The summed E-state index contributed by atoms with van der Waals surface area (Å²) in [6.45, 7) is 0.539. The Morgan fingerprint density at radius 2 is 2.35 bits per heavy atom. The van der Waals surface area contributed by atoms with Gasteiger partial charge in [0.25, 0.3) is 5.91 Å². The first kappa shape index (κ1) is 11.5. The van der Waals surface area contributed by atoms with Gasteiger partial charge < -0.3 is 11.1 Å². The molecule has 0 unspecified atom stereocenters. The number of aromatic nitrogens is 2. The fourth-order valence-electron chi connectivity index (χ4n) is 1.37. The van der Waals surface area contributed by atoms with Crippen molar-refractivity contribution >= 4 is 23.1 Å². The Kier molecular flexibility index (Phi) is 3.66. The van der Waals surface area contributed by atoms with Crippen LogP contribution < -0.4 is 11.1 Å². The molecule has 0 saturated carbocycles. The second-order valence-electron chi connectivity index (χ2n) is 3.42. The Balaban J connectivity index is 1.88. The molecule has 17 heavy (non-hydrogen) atoms. The summed E-state index contributed by atoms with van der Waals surface area (Å²) in [6.07, 6.45) is 2.27. The minimum Gasteiger partial charge on any atom is -0.383 e. The van der Waals surface area contributed by atoms with Crippen molar-refractivity contribution in [3.05, 3.63) is 40.5 Å². The second-order valence-corrected chi connectivity index (χ2v) is 4.14. The van der Waals surface area contributed by atoms with E-state index in [-0.39, 0.29) is 11.7 Å². The molecule has 0 fully saturated rings. The first-order chi connectivity index (χ1) is 8.27. The predicted octanol–water partition coefficient (Wildman–Crippen LogP) is 1.09. The van der Waals surface area contributed by atoms with E-state index < -0.39 is 0 Å². The van der Waals surface area contributed by atoms with Crippen LogP contribution >= 0.6 is 11.3 Å². The number of rotatable bonds is 4. The molecule has 0 aliphatic heterocycles. The molecule has 0 bridgehead atoms. The summed E-state index contributed by atoms with van der Waals surface area (Å²) < 4.78 is 0. The van der Waals surface area contributed by atoms with Gasteiger partial charge in [0.15, 0.2) is 0 Å². The van der Waals surface area contributed by atoms with Crippen molar-refractivity contribution in [2.24, 2.45) is 0 Å². The minimum atomic E-state index is -0.203. The molecule has 0 aliphatic carbocycles. The van der Waals surface area contributed by atoms with Crippen LogP contribution in [0.4, 0.5) is 5.82 Å². The maximum Gasteiger partial charge on any atom is 0.255 e. The average molecular weight is 248 g/mol. The minimum absolute atomic E-state index is 0.203. The molecule has 2 aromatic rings. The topological polar surface area (TPSA) is 80.9 Å². The lowest BCUT2D eigenvalue weighted by molar-refractivity contribution is 0.0954. The van der Waals surface area contributed by atoms with Crippen molar-refractivity contribution in [1.82, 2.24) is 15.3 Å². The number of pyridine rings is 1. The van der Waals surface area contributed by atoms with E-state index >= 15 is 0 Å². The van der Waals surface area contributed by atoms with Gasteiger partial charge in [0.1, 0.15) is 5.82 Å². The number of nitrogens with two attached hydrogens (primary N) is 1. The molecule has 0 spiro atoms. The maximum atomic E-state index is 11.7. The van der Waals surface area contributed by atoms with Gasteiger partial charge in [-0.25, -0.2) is 9.97 Å². The number of nitrogen functional groups attached to an aromatic ring is 1. The number of nitrogens with zero attached hydrogens (tertiary/aromatic N) is 2. The zero-order chi connectivity index (χ0) is 12.1. The first-order valence-electron chi connectivity index (χ1n) is 5.13. The quantitative estimate of drug-likeness (QED) is 0.848. The number of nitrogens with one attached hydrogen (secondary N) is 1. The summed E-state index contributed by atoms with van der Waals surface area (Å²) in [5.74, 6) is 0.0458. The lowest BCUT2D eigenvalue weighted by Gasteiger charge is -2.05. The van der Waals surface area contributed by atoms with Crippen LogP contribution in [0.1, 0.15) is 16.1 Å². The van der Waals surface area contributed by atoms with Crippen molar-refractivity contribution in [1.29, 1.82) is 0 Å². The van der Waals surface area contributed by atoms with E-state index in [0.29, 0.717) is 12.1 Å². The normalized spacial score (nSPS) is 10.1. The summed E-state index contributed by atoms with van der Waals surface area (Å²) in [5.41, 5.74) is 8.77. The van der Waals surface area contributed by atoms with Crippen LogP contribution in [0.2, 0.25) is 0 Å². The lowest BCUT2D eigenvalue weighted by atomic mass is 10.2. The van der Waals surface area contributed by atoms with Crippen molar-refractivity contribution in [2.75, 3.05) is 12.3 Å². The van der Waals surface area contributed by atoms with Crippen LogP contribution in [0.25, 0.3) is 0 Å². The van der Waals surface area contributed by atoms with Crippen molar-refractivity contribution in [2.45, 2.75) is 6.42 Å². The van der Waals surface area contributed by atoms with Crippen LogP contribution in [0, 0.1) is 0 Å². The Bertz CT molecular complexity index is 498. The summed E-state index contributed by atoms with van der Waals surface area (Å²) in [6, 6.07) is 3.34. The van der Waals surface area contributed by atoms with Crippen LogP contribution in [0.5, 0.6) is 0 Å². The van der Waals surface area contributed by atoms with Gasteiger partial charge in [0.05, 0.1) is 16.8 Å². The van der Waals surface area contributed by atoms with Crippen molar-refractivity contribution < 1.29 is 4.79 Å². The van der Waals surface area contributed by atoms with E-state index in [2.05, 4.69) is 15.3 Å². The highest BCUT2D eigenvalue weighted by atomic mass is 32.1. The maximum absolute atomic E-state index is 11.7. The number of thiazole rings is 1. The zero-order valence-corrected chi connectivity index (χ0v) is 9.91. The van der Waals surface area contributed by atoms with E-state index in [1.807, 2.05) is 5.38 Å². The predicted molar refractivity (Wildman–Crippen MR) is 66.8 cm³/mol. The van der Waals surface area contributed by atoms with E-state index in [1.54, 1.807) is 35.2 Å². The number of carbonyl (C=O) groups is 1. The fraction of sp³-hybridized carbons (Fsp3) is 0.182. The van der Waals surface area contributed by atoms with Crippen molar-refractivity contribution in [3.8, 4) is 0 Å². The molecule has 0 saturated heterocycles. The lowest BCUT2D eigenvalue weighted by Crippen LogP contribution is -2.26. The van der Waals surface area contributed by atoms with Gasteiger partial charge in [-0.1, -0.05) is 0 Å². The standard InChI is InChI=1S/C11H12N4OS/c12-10-9(2-1-4-13-10)11(16)14-5-3-8-6-17-7-15-8/h1-2,4,6-7H,3,5H2,(H2,12,13)(H,14,16). The summed E-state index contributed by atoms with van der Waals surface area (Å²) in [4.78, 5) is 19.7. The summed E-state index contributed by atoms with van der Waals surface area (Å²) >= 11 is 1.54. The largest absolute Gasteiger partial charge is 0.383 e. The molecule has 0 aromatic carbocycles. The van der Waals surface area contributed by atoms with Gasteiger partial charge in [-0.15, -0.1) is 11.3 Å². The number of hydrogen-bond donors (Lipinski definition) is 2. The summed E-state index contributed by atoms with van der Waals surface area (Å²) in [5, 5.41) is 4.75. The third kappa shape index (κ3) is 3.01. The molecule has 0 atom stereocenters. The van der Waals surface area contributed by atoms with Crippen LogP contribution in [0.3, 0.4) is 0 Å². The molecule has 1 amide bonds. The highest BCUT2D eigenvalue weighted by molar-refractivity contribution is 7.07. The molecular weight excluding hydrogens is 236 g/mol. The third-order valence-corrected chi connectivity index (χ3v) is 2.87. The Hall–Kier alpha value is -1.95. The number of hydrogen-bond acceptors (Lipinski definition) is 5. The Morgan fingerprint density at radius 1 is 1.47 bits per heavy atom. The monoisotopic (exact) mass is 248 g/mol. The zero-order valence-electron chi connectivity index (χ0n) is 9.09. The van der Waals surface area contributed by atoms with E-state index in [1.165, 1.54) is 0 Å². The van der Waals surface area contributed by atoms with E-state index in [0.717, 1.165) is 12.1 Å². The Labute approximate surface area is 103 Å². The SMILES string of the molecule is Nc1ncccc1C(=O)NCCc1cscn1. The highest BCUT2D eigenvalue weighted by Crippen LogP contribution is 2.06. The molecule has 0 aliphatic rings. The molecule has 5 nitrogen and oxygen atoms in total. The molecule has 3 N–H and O–H groups in total. The van der Waals surface area contributed by atoms with Gasteiger partial charge in [-0.3, -0.25) is 4.79 Å². The third-order valence-electron chi connectivity index (χ3n) is 2.23. The van der Waals surface area contributed by atoms with Crippen molar-refractivity contribution in [3.63, 3.8) is 0 Å².